The molecule has 1 saturated carbocycles. The van der Waals surface area contributed by atoms with E-state index in [0.717, 1.165) is 25.1 Å². The summed E-state index contributed by atoms with van der Waals surface area (Å²) in [4.78, 5) is 14.4. The molecule has 1 aliphatic heterocycles. The largest absolute Gasteiger partial charge is 0.333 e. The summed E-state index contributed by atoms with van der Waals surface area (Å²) in [6.45, 7) is 3.56. The van der Waals surface area contributed by atoms with Crippen LogP contribution in [0.4, 0.5) is 0 Å². The van der Waals surface area contributed by atoms with Crippen LogP contribution in [0, 0.1) is 5.92 Å². The SMILES string of the molecule is CC1CCN(C(=O)c2cc(C3CC3)[nH]n2)C(CN)C1. The van der Waals surface area contributed by atoms with Gasteiger partial charge in [0.1, 0.15) is 5.69 Å². The predicted molar refractivity (Wildman–Crippen MR) is 72.8 cm³/mol. The van der Waals surface area contributed by atoms with Gasteiger partial charge >= 0.3 is 0 Å². The number of hydrogen-bond acceptors (Lipinski definition) is 3. The minimum absolute atomic E-state index is 0.0329. The third-order valence-corrected chi connectivity index (χ3v) is 4.34. The lowest BCUT2D eigenvalue weighted by atomic mass is 9.92. The van der Waals surface area contributed by atoms with Crippen LogP contribution in [0.2, 0.25) is 0 Å². The normalized spacial score (nSPS) is 27.6. The fourth-order valence-corrected chi connectivity index (χ4v) is 2.94. The van der Waals surface area contributed by atoms with Crippen LogP contribution in [0.25, 0.3) is 0 Å². The summed E-state index contributed by atoms with van der Waals surface area (Å²) in [6, 6.07) is 2.09. The highest BCUT2D eigenvalue weighted by molar-refractivity contribution is 5.92. The van der Waals surface area contributed by atoms with Gasteiger partial charge in [-0.05, 0) is 37.7 Å². The topological polar surface area (TPSA) is 75.0 Å². The number of aromatic amines is 1. The standard InChI is InChI=1S/C14H22N4O/c1-9-4-5-18(11(6-9)8-15)14(19)13-7-12(16-17-13)10-2-3-10/h7,9-11H,2-6,8,15H2,1H3,(H,16,17). The van der Waals surface area contributed by atoms with Gasteiger partial charge in [0.2, 0.25) is 0 Å². The highest BCUT2D eigenvalue weighted by Gasteiger charge is 2.32. The molecule has 104 valence electrons. The number of H-pyrrole nitrogens is 1. The van der Waals surface area contributed by atoms with Crippen LogP contribution < -0.4 is 5.73 Å². The Bertz CT molecular complexity index is 466. The lowest BCUT2D eigenvalue weighted by Gasteiger charge is -2.37. The number of nitrogens with two attached hydrogens (primary N) is 1. The highest BCUT2D eigenvalue weighted by atomic mass is 16.2. The Hall–Kier alpha value is -1.36. The molecular weight excluding hydrogens is 240 g/mol. The summed E-state index contributed by atoms with van der Waals surface area (Å²) in [5.41, 5.74) is 7.47. The zero-order valence-electron chi connectivity index (χ0n) is 11.4. The third kappa shape index (κ3) is 2.52. The maximum Gasteiger partial charge on any atom is 0.274 e. The van der Waals surface area contributed by atoms with Crippen molar-refractivity contribution in [2.45, 2.75) is 44.6 Å². The molecule has 5 heteroatoms. The maximum atomic E-state index is 12.5. The molecule has 1 aliphatic carbocycles. The molecule has 2 unspecified atom stereocenters. The number of aromatic nitrogens is 2. The first-order valence-corrected chi connectivity index (χ1v) is 7.25. The van der Waals surface area contributed by atoms with E-state index < -0.39 is 0 Å². The number of piperidine rings is 1. The summed E-state index contributed by atoms with van der Waals surface area (Å²) in [6.07, 6.45) is 4.48. The molecular formula is C14H22N4O. The Labute approximate surface area is 113 Å². The lowest BCUT2D eigenvalue weighted by Crippen LogP contribution is -2.49. The van der Waals surface area contributed by atoms with Gasteiger partial charge in [0, 0.05) is 30.7 Å². The van der Waals surface area contributed by atoms with Crippen molar-refractivity contribution in [2.24, 2.45) is 11.7 Å². The van der Waals surface area contributed by atoms with E-state index in [0.29, 0.717) is 24.1 Å². The fourth-order valence-electron chi connectivity index (χ4n) is 2.94. The first kappa shape index (κ1) is 12.7. The summed E-state index contributed by atoms with van der Waals surface area (Å²) in [5, 5.41) is 7.18. The molecule has 2 fully saturated rings. The fraction of sp³-hybridized carbons (Fsp3) is 0.714. The minimum Gasteiger partial charge on any atom is -0.333 e. The number of amides is 1. The van der Waals surface area contributed by atoms with E-state index in [4.69, 9.17) is 5.73 Å². The quantitative estimate of drug-likeness (QED) is 0.866. The van der Waals surface area contributed by atoms with Crippen molar-refractivity contribution in [3.8, 4) is 0 Å². The minimum atomic E-state index is 0.0329. The number of likely N-dealkylation sites (tertiary alicyclic amines) is 1. The average molecular weight is 262 g/mol. The molecule has 5 nitrogen and oxygen atoms in total. The van der Waals surface area contributed by atoms with Gasteiger partial charge in [-0.2, -0.15) is 5.10 Å². The van der Waals surface area contributed by atoms with Crippen LogP contribution in [0.15, 0.2) is 6.07 Å². The molecule has 19 heavy (non-hydrogen) atoms. The molecule has 0 aromatic carbocycles. The molecule has 1 aromatic rings. The number of nitrogens with one attached hydrogen (secondary N) is 1. The van der Waals surface area contributed by atoms with Crippen molar-refractivity contribution in [2.75, 3.05) is 13.1 Å². The number of carbonyl (C=O) groups excluding carboxylic acids is 1. The Balaban J connectivity index is 1.73. The first-order valence-electron chi connectivity index (χ1n) is 7.25. The van der Waals surface area contributed by atoms with Gasteiger partial charge in [0.05, 0.1) is 0 Å². The van der Waals surface area contributed by atoms with Gasteiger partial charge in [-0.3, -0.25) is 9.89 Å². The van der Waals surface area contributed by atoms with Crippen molar-refractivity contribution in [1.82, 2.24) is 15.1 Å². The smallest absolute Gasteiger partial charge is 0.274 e. The summed E-state index contributed by atoms with van der Waals surface area (Å²) in [5.74, 6) is 1.28. The number of carbonyl (C=O) groups is 1. The molecule has 3 N–H and O–H groups in total. The maximum absolute atomic E-state index is 12.5. The van der Waals surface area contributed by atoms with Gasteiger partial charge in [0.25, 0.3) is 5.91 Å². The Morgan fingerprint density at radius 1 is 1.53 bits per heavy atom. The van der Waals surface area contributed by atoms with E-state index >= 15 is 0 Å². The molecule has 1 saturated heterocycles. The Morgan fingerprint density at radius 3 is 3.00 bits per heavy atom. The van der Waals surface area contributed by atoms with E-state index in [-0.39, 0.29) is 11.9 Å². The van der Waals surface area contributed by atoms with E-state index in [1.54, 1.807) is 0 Å². The highest BCUT2D eigenvalue weighted by Crippen LogP contribution is 2.39. The van der Waals surface area contributed by atoms with Crippen LogP contribution in [0.5, 0.6) is 0 Å². The molecule has 1 aromatic heterocycles. The molecule has 2 heterocycles. The van der Waals surface area contributed by atoms with Crippen LogP contribution in [0.3, 0.4) is 0 Å². The molecule has 2 aliphatic rings. The average Bonchev–Trinajstić information content (AvgIpc) is 3.15. The van der Waals surface area contributed by atoms with E-state index in [1.165, 1.54) is 12.8 Å². The van der Waals surface area contributed by atoms with Crippen molar-refractivity contribution >= 4 is 5.91 Å². The third-order valence-electron chi connectivity index (χ3n) is 4.34. The second-order valence-electron chi connectivity index (χ2n) is 6.00. The van der Waals surface area contributed by atoms with Crippen molar-refractivity contribution in [3.63, 3.8) is 0 Å². The van der Waals surface area contributed by atoms with E-state index in [9.17, 15) is 4.79 Å². The molecule has 0 radical (unpaired) electrons. The number of nitrogens with zero attached hydrogens (tertiary/aromatic N) is 2. The number of hydrogen-bond donors (Lipinski definition) is 2. The molecule has 3 rings (SSSR count). The van der Waals surface area contributed by atoms with Gasteiger partial charge in [-0.1, -0.05) is 6.92 Å². The first-order chi connectivity index (χ1) is 9.19. The van der Waals surface area contributed by atoms with Gasteiger partial charge in [0.15, 0.2) is 0 Å². The van der Waals surface area contributed by atoms with Gasteiger partial charge < -0.3 is 10.6 Å². The van der Waals surface area contributed by atoms with Crippen molar-refractivity contribution in [1.29, 1.82) is 0 Å². The van der Waals surface area contributed by atoms with Crippen molar-refractivity contribution < 1.29 is 4.79 Å². The molecule has 1 amide bonds. The van der Waals surface area contributed by atoms with E-state index in [2.05, 4.69) is 17.1 Å². The Kier molecular flexibility index (Phi) is 3.31. The zero-order valence-corrected chi connectivity index (χ0v) is 11.4. The second-order valence-corrected chi connectivity index (χ2v) is 6.00. The summed E-state index contributed by atoms with van der Waals surface area (Å²) in [7, 11) is 0. The number of rotatable bonds is 3. The lowest BCUT2D eigenvalue weighted by molar-refractivity contribution is 0.0567. The van der Waals surface area contributed by atoms with Crippen LogP contribution in [0.1, 0.15) is 54.7 Å². The van der Waals surface area contributed by atoms with Crippen LogP contribution in [-0.4, -0.2) is 40.1 Å². The molecule has 2 atom stereocenters. The van der Waals surface area contributed by atoms with Crippen LogP contribution >= 0.6 is 0 Å². The monoisotopic (exact) mass is 262 g/mol. The van der Waals surface area contributed by atoms with E-state index in [1.807, 2.05) is 11.0 Å². The van der Waals surface area contributed by atoms with Gasteiger partial charge in [-0.15, -0.1) is 0 Å². The molecule has 0 spiro atoms. The summed E-state index contributed by atoms with van der Waals surface area (Å²) >= 11 is 0. The zero-order chi connectivity index (χ0) is 13.4. The van der Waals surface area contributed by atoms with Crippen molar-refractivity contribution in [3.05, 3.63) is 17.5 Å². The Morgan fingerprint density at radius 2 is 2.32 bits per heavy atom. The van der Waals surface area contributed by atoms with Crippen LogP contribution in [-0.2, 0) is 0 Å². The summed E-state index contributed by atoms with van der Waals surface area (Å²) < 4.78 is 0. The van der Waals surface area contributed by atoms with Gasteiger partial charge in [-0.25, -0.2) is 0 Å². The second kappa shape index (κ2) is 4.96. The predicted octanol–water partition coefficient (Wildman–Crippen LogP) is 1.49. The molecule has 0 bridgehead atoms.